The van der Waals surface area contributed by atoms with Crippen molar-refractivity contribution in [3.05, 3.63) is 28.7 Å². The second kappa shape index (κ2) is 5.82. The maximum absolute atomic E-state index is 6.08. The van der Waals surface area contributed by atoms with Crippen molar-refractivity contribution in [2.45, 2.75) is 27.4 Å². The van der Waals surface area contributed by atoms with Crippen LogP contribution >= 0.6 is 11.6 Å². The highest BCUT2D eigenvalue weighted by molar-refractivity contribution is 6.34. The first kappa shape index (κ1) is 12.9. The SMILES string of the molecule is CC.COCc1nc2c(Cl)c(C)ccn2n1. The summed E-state index contributed by atoms with van der Waals surface area (Å²) in [5.74, 6) is 0.639. The van der Waals surface area contributed by atoms with Crippen LogP contribution in [0.4, 0.5) is 0 Å². The summed E-state index contributed by atoms with van der Waals surface area (Å²) in [4.78, 5) is 4.26. The molecule has 4 nitrogen and oxygen atoms in total. The van der Waals surface area contributed by atoms with E-state index in [4.69, 9.17) is 16.3 Å². The smallest absolute Gasteiger partial charge is 0.177 e. The molecule has 16 heavy (non-hydrogen) atoms. The number of pyridine rings is 1. The molecule has 0 spiro atoms. The number of halogens is 1. The molecule has 0 saturated heterocycles. The lowest BCUT2D eigenvalue weighted by Crippen LogP contribution is -1.91. The standard InChI is InChI=1S/C9H10ClN3O.C2H6/c1-6-3-4-13-9(8(6)10)11-7(12-13)5-14-2;1-2/h3-4H,5H2,1-2H3;1-2H3. The van der Waals surface area contributed by atoms with Crippen molar-refractivity contribution < 1.29 is 4.74 Å². The van der Waals surface area contributed by atoms with E-state index in [9.17, 15) is 0 Å². The van der Waals surface area contributed by atoms with Crippen LogP contribution in [-0.2, 0) is 11.3 Å². The van der Waals surface area contributed by atoms with Gasteiger partial charge in [-0.2, -0.15) is 0 Å². The Labute approximate surface area is 100 Å². The van der Waals surface area contributed by atoms with Crippen molar-refractivity contribution in [1.82, 2.24) is 14.6 Å². The average molecular weight is 242 g/mol. The molecule has 0 amide bonds. The zero-order valence-electron chi connectivity index (χ0n) is 9.99. The lowest BCUT2D eigenvalue weighted by molar-refractivity contribution is 0.178. The van der Waals surface area contributed by atoms with E-state index >= 15 is 0 Å². The number of aromatic nitrogens is 3. The molecule has 2 heterocycles. The van der Waals surface area contributed by atoms with E-state index < -0.39 is 0 Å². The first-order valence-electron chi connectivity index (χ1n) is 5.21. The molecule has 0 aliphatic heterocycles. The molecule has 0 aromatic carbocycles. The van der Waals surface area contributed by atoms with Crippen molar-refractivity contribution in [1.29, 1.82) is 0 Å². The third-order valence-electron chi connectivity index (χ3n) is 1.96. The van der Waals surface area contributed by atoms with Gasteiger partial charge in [-0.15, -0.1) is 5.10 Å². The molecule has 0 unspecified atom stereocenters. The molecule has 0 saturated carbocycles. The zero-order valence-corrected chi connectivity index (χ0v) is 10.7. The number of methoxy groups -OCH3 is 1. The van der Waals surface area contributed by atoms with Gasteiger partial charge < -0.3 is 4.74 Å². The van der Waals surface area contributed by atoms with Gasteiger partial charge in [-0.3, -0.25) is 0 Å². The normalized spacial score (nSPS) is 10.1. The number of hydrogen-bond acceptors (Lipinski definition) is 3. The van der Waals surface area contributed by atoms with E-state index in [0.29, 0.717) is 23.1 Å². The number of hydrogen-bond donors (Lipinski definition) is 0. The molecular formula is C11H16ClN3O. The molecule has 0 atom stereocenters. The van der Waals surface area contributed by atoms with Crippen LogP contribution in [0, 0.1) is 6.92 Å². The summed E-state index contributed by atoms with van der Waals surface area (Å²) in [6, 6.07) is 1.90. The maximum Gasteiger partial charge on any atom is 0.177 e. The Morgan fingerprint density at radius 2 is 2.12 bits per heavy atom. The zero-order chi connectivity index (χ0) is 12.1. The molecule has 2 aromatic heterocycles. The predicted octanol–water partition coefficient (Wildman–Crippen LogP) is 2.86. The lowest BCUT2D eigenvalue weighted by Gasteiger charge is -1.96. The van der Waals surface area contributed by atoms with E-state index in [-0.39, 0.29) is 0 Å². The van der Waals surface area contributed by atoms with Crippen molar-refractivity contribution in [3.63, 3.8) is 0 Å². The molecule has 0 aliphatic carbocycles. The van der Waals surface area contributed by atoms with Crippen LogP contribution in [-0.4, -0.2) is 21.7 Å². The Bertz CT molecular complexity index is 467. The van der Waals surface area contributed by atoms with E-state index in [1.165, 1.54) is 0 Å². The van der Waals surface area contributed by atoms with E-state index in [2.05, 4.69) is 10.1 Å². The van der Waals surface area contributed by atoms with Gasteiger partial charge in [0.05, 0.1) is 5.02 Å². The molecule has 2 aromatic rings. The van der Waals surface area contributed by atoms with Crippen LogP contribution in [0.3, 0.4) is 0 Å². The summed E-state index contributed by atoms with van der Waals surface area (Å²) >= 11 is 6.08. The van der Waals surface area contributed by atoms with Gasteiger partial charge >= 0.3 is 0 Å². The molecule has 88 valence electrons. The minimum atomic E-state index is 0.400. The molecule has 5 heteroatoms. The van der Waals surface area contributed by atoms with Crippen LogP contribution in [0.2, 0.25) is 5.02 Å². The fraction of sp³-hybridized carbons (Fsp3) is 0.455. The Balaban J connectivity index is 0.000000606. The molecule has 0 bridgehead atoms. The minimum absolute atomic E-state index is 0.400. The van der Waals surface area contributed by atoms with Gasteiger partial charge in [-0.05, 0) is 18.6 Å². The monoisotopic (exact) mass is 241 g/mol. The number of fused-ring (bicyclic) bond motifs is 1. The van der Waals surface area contributed by atoms with Crippen molar-refractivity contribution >= 4 is 17.2 Å². The molecule has 0 fully saturated rings. The van der Waals surface area contributed by atoms with Crippen LogP contribution in [0.25, 0.3) is 5.65 Å². The number of nitrogens with zero attached hydrogens (tertiary/aromatic N) is 3. The van der Waals surface area contributed by atoms with Gasteiger partial charge in [0.1, 0.15) is 6.61 Å². The fourth-order valence-electron chi connectivity index (χ4n) is 1.24. The van der Waals surface area contributed by atoms with Gasteiger partial charge in [-0.25, -0.2) is 9.50 Å². The van der Waals surface area contributed by atoms with Crippen molar-refractivity contribution in [3.8, 4) is 0 Å². The summed E-state index contributed by atoms with van der Waals surface area (Å²) < 4.78 is 6.60. The molecule has 0 aliphatic rings. The second-order valence-corrected chi connectivity index (χ2v) is 3.42. The molecule has 2 rings (SSSR count). The predicted molar refractivity (Wildman–Crippen MR) is 64.8 cm³/mol. The highest BCUT2D eigenvalue weighted by Gasteiger charge is 2.07. The summed E-state index contributed by atoms with van der Waals surface area (Å²) in [6.07, 6.45) is 1.84. The summed E-state index contributed by atoms with van der Waals surface area (Å²) in [6.45, 7) is 6.34. The Morgan fingerprint density at radius 3 is 2.75 bits per heavy atom. The lowest BCUT2D eigenvalue weighted by atomic mass is 10.3. The van der Waals surface area contributed by atoms with Crippen LogP contribution in [0.1, 0.15) is 25.2 Å². The number of aryl methyl sites for hydroxylation is 1. The molecule has 0 radical (unpaired) electrons. The first-order valence-corrected chi connectivity index (χ1v) is 5.59. The van der Waals surface area contributed by atoms with E-state index in [0.717, 1.165) is 5.56 Å². The van der Waals surface area contributed by atoms with E-state index in [1.54, 1.807) is 11.6 Å². The summed E-state index contributed by atoms with van der Waals surface area (Å²) in [7, 11) is 1.61. The maximum atomic E-state index is 6.08. The Morgan fingerprint density at radius 1 is 1.44 bits per heavy atom. The third-order valence-corrected chi connectivity index (χ3v) is 2.42. The van der Waals surface area contributed by atoms with Gasteiger partial charge in [0.15, 0.2) is 11.5 Å². The molecular weight excluding hydrogens is 226 g/mol. The van der Waals surface area contributed by atoms with Gasteiger partial charge in [0.2, 0.25) is 0 Å². The third kappa shape index (κ3) is 2.51. The van der Waals surface area contributed by atoms with Crippen molar-refractivity contribution in [2.24, 2.45) is 0 Å². The topological polar surface area (TPSA) is 39.4 Å². The van der Waals surface area contributed by atoms with E-state index in [1.807, 2.05) is 33.0 Å². The highest BCUT2D eigenvalue weighted by Crippen LogP contribution is 2.19. The molecule has 0 N–H and O–H groups in total. The van der Waals surface area contributed by atoms with Crippen molar-refractivity contribution in [2.75, 3.05) is 7.11 Å². The number of rotatable bonds is 2. The summed E-state index contributed by atoms with van der Waals surface area (Å²) in [5, 5.41) is 4.84. The average Bonchev–Trinajstić information content (AvgIpc) is 2.71. The highest BCUT2D eigenvalue weighted by atomic mass is 35.5. The first-order chi connectivity index (χ1) is 7.72. The largest absolute Gasteiger partial charge is 0.377 e. The fourth-order valence-corrected chi connectivity index (χ4v) is 1.44. The van der Waals surface area contributed by atoms with Gasteiger partial charge in [0, 0.05) is 13.3 Å². The quantitative estimate of drug-likeness (QED) is 0.812. The van der Waals surface area contributed by atoms with Gasteiger partial charge in [0.25, 0.3) is 0 Å². The second-order valence-electron chi connectivity index (χ2n) is 3.04. The Hall–Kier alpha value is -1.13. The van der Waals surface area contributed by atoms with Crippen LogP contribution in [0.5, 0.6) is 0 Å². The number of ether oxygens (including phenoxy) is 1. The minimum Gasteiger partial charge on any atom is -0.377 e. The van der Waals surface area contributed by atoms with Gasteiger partial charge in [-0.1, -0.05) is 25.4 Å². The summed E-state index contributed by atoms with van der Waals surface area (Å²) in [5.41, 5.74) is 1.68. The Kier molecular flexibility index (Phi) is 4.71. The van der Waals surface area contributed by atoms with Crippen LogP contribution < -0.4 is 0 Å². The van der Waals surface area contributed by atoms with Crippen LogP contribution in [0.15, 0.2) is 12.3 Å².